The predicted octanol–water partition coefficient (Wildman–Crippen LogP) is 0.981. The standard InChI is InChI=1S/C12H15NO5S/c1-2-18-9-4-3-5-10(8-9)19(16,17)13-12(6-7-12)11(14)15/h3-5,8,13H,2,6-7H2,1H3,(H,14,15). The van der Waals surface area contributed by atoms with Crippen molar-refractivity contribution in [2.45, 2.75) is 30.2 Å². The minimum atomic E-state index is -3.85. The second-order valence-electron chi connectivity index (χ2n) is 4.40. The minimum Gasteiger partial charge on any atom is -0.494 e. The molecule has 0 spiro atoms. The fourth-order valence-corrected chi connectivity index (χ4v) is 3.15. The normalized spacial score (nSPS) is 16.9. The first-order chi connectivity index (χ1) is 8.89. The molecule has 2 rings (SSSR count). The summed E-state index contributed by atoms with van der Waals surface area (Å²) in [6.07, 6.45) is 0.624. The number of aliphatic carboxylic acids is 1. The summed E-state index contributed by atoms with van der Waals surface area (Å²) in [6.45, 7) is 2.22. The van der Waals surface area contributed by atoms with E-state index in [2.05, 4.69) is 4.72 Å². The van der Waals surface area contributed by atoms with Crippen molar-refractivity contribution >= 4 is 16.0 Å². The first-order valence-corrected chi connectivity index (χ1v) is 7.38. The highest BCUT2D eigenvalue weighted by Gasteiger charge is 2.53. The third-order valence-corrected chi connectivity index (χ3v) is 4.45. The molecular formula is C12H15NO5S. The van der Waals surface area contributed by atoms with E-state index in [4.69, 9.17) is 9.84 Å². The molecule has 0 radical (unpaired) electrons. The van der Waals surface area contributed by atoms with Crippen LogP contribution in [0.25, 0.3) is 0 Å². The molecule has 1 aromatic rings. The van der Waals surface area contributed by atoms with Gasteiger partial charge in [-0.1, -0.05) is 6.07 Å². The summed E-state index contributed by atoms with van der Waals surface area (Å²) in [7, 11) is -3.85. The molecular weight excluding hydrogens is 270 g/mol. The van der Waals surface area contributed by atoms with Crippen molar-refractivity contribution in [3.63, 3.8) is 0 Å². The Morgan fingerprint density at radius 2 is 2.16 bits per heavy atom. The number of nitrogens with one attached hydrogen (secondary N) is 1. The van der Waals surface area contributed by atoms with Crippen LogP contribution < -0.4 is 9.46 Å². The van der Waals surface area contributed by atoms with Crippen LogP contribution in [0.4, 0.5) is 0 Å². The summed E-state index contributed by atoms with van der Waals surface area (Å²) >= 11 is 0. The molecule has 0 aromatic heterocycles. The van der Waals surface area contributed by atoms with Crippen molar-refractivity contribution in [3.05, 3.63) is 24.3 Å². The lowest BCUT2D eigenvalue weighted by molar-refractivity contribution is -0.140. The fraction of sp³-hybridized carbons (Fsp3) is 0.417. The van der Waals surface area contributed by atoms with E-state index in [0.29, 0.717) is 25.2 Å². The van der Waals surface area contributed by atoms with E-state index < -0.39 is 21.5 Å². The third kappa shape index (κ3) is 2.87. The number of ether oxygens (including phenoxy) is 1. The number of rotatable bonds is 6. The Labute approximate surface area is 111 Å². The Morgan fingerprint density at radius 1 is 1.47 bits per heavy atom. The maximum Gasteiger partial charge on any atom is 0.324 e. The largest absolute Gasteiger partial charge is 0.494 e. The molecule has 0 unspecified atom stereocenters. The van der Waals surface area contributed by atoms with Crippen LogP contribution in [0.3, 0.4) is 0 Å². The maximum absolute atomic E-state index is 12.1. The molecule has 0 aliphatic heterocycles. The van der Waals surface area contributed by atoms with Crippen LogP contribution in [0.5, 0.6) is 5.75 Å². The molecule has 0 saturated heterocycles. The summed E-state index contributed by atoms with van der Waals surface area (Å²) in [5.74, 6) is -0.706. The summed E-state index contributed by atoms with van der Waals surface area (Å²) in [5, 5.41) is 9.00. The summed E-state index contributed by atoms with van der Waals surface area (Å²) in [5.41, 5.74) is -1.33. The zero-order valence-corrected chi connectivity index (χ0v) is 11.2. The van der Waals surface area contributed by atoms with Gasteiger partial charge in [-0.05, 0) is 31.9 Å². The number of carbonyl (C=O) groups is 1. The van der Waals surface area contributed by atoms with Gasteiger partial charge in [0, 0.05) is 6.07 Å². The fourth-order valence-electron chi connectivity index (χ4n) is 1.70. The average molecular weight is 285 g/mol. The molecule has 0 atom stereocenters. The molecule has 1 fully saturated rings. The van der Waals surface area contributed by atoms with Gasteiger partial charge in [0.25, 0.3) is 0 Å². The third-order valence-electron chi connectivity index (χ3n) is 2.92. The highest BCUT2D eigenvalue weighted by atomic mass is 32.2. The second-order valence-corrected chi connectivity index (χ2v) is 6.08. The van der Waals surface area contributed by atoms with E-state index >= 15 is 0 Å². The molecule has 2 N–H and O–H groups in total. The van der Waals surface area contributed by atoms with Crippen LogP contribution in [0.1, 0.15) is 19.8 Å². The van der Waals surface area contributed by atoms with Gasteiger partial charge in [-0.25, -0.2) is 8.42 Å². The van der Waals surface area contributed by atoms with Gasteiger partial charge in [-0.2, -0.15) is 4.72 Å². The van der Waals surface area contributed by atoms with E-state index in [0.717, 1.165) is 0 Å². The molecule has 1 saturated carbocycles. The lowest BCUT2D eigenvalue weighted by atomic mass is 10.3. The second kappa shape index (κ2) is 4.82. The van der Waals surface area contributed by atoms with Gasteiger partial charge in [0.1, 0.15) is 11.3 Å². The lowest BCUT2D eigenvalue weighted by Crippen LogP contribution is -2.42. The lowest BCUT2D eigenvalue weighted by Gasteiger charge is -2.13. The van der Waals surface area contributed by atoms with E-state index in [9.17, 15) is 13.2 Å². The Morgan fingerprint density at radius 3 is 2.68 bits per heavy atom. The van der Waals surface area contributed by atoms with Crippen molar-refractivity contribution in [2.75, 3.05) is 6.61 Å². The van der Waals surface area contributed by atoms with Crippen LogP contribution in [0, 0.1) is 0 Å². The van der Waals surface area contributed by atoms with Gasteiger partial charge in [0.2, 0.25) is 10.0 Å². The van der Waals surface area contributed by atoms with Crippen molar-refractivity contribution in [1.29, 1.82) is 0 Å². The summed E-state index contributed by atoms with van der Waals surface area (Å²) in [4.78, 5) is 11.0. The Balaban J connectivity index is 2.25. The van der Waals surface area contributed by atoms with Gasteiger partial charge in [-0.15, -0.1) is 0 Å². The number of carboxylic acids is 1. The van der Waals surface area contributed by atoms with Gasteiger partial charge < -0.3 is 9.84 Å². The Bertz CT molecular complexity index is 592. The Hall–Kier alpha value is -1.60. The topological polar surface area (TPSA) is 92.7 Å². The van der Waals surface area contributed by atoms with Crippen molar-refractivity contribution < 1.29 is 23.1 Å². The van der Waals surface area contributed by atoms with Crippen LogP contribution in [-0.2, 0) is 14.8 Å². The molecule has 6 nitrogen and oxygen atoms in total. The number of sulfonamides is 1. The molecule has 0 heterocycles. The Kier molecular flexibility index (Phi) is 3.51. The quantitative estimate of drug-likeness (QED) is 0.812. The SMILES string of the molecule is CCOc1cccc(S(=O)(=O)NC2(C(=O)O)CC2)c1. The highest BCUT2D eigenvalue weighted by molar-refractivity contribution is 7.89. The van der Waals surface area contributed by atoms with Gasteiger partial charge >= 0.3 is 5.97 Å². The zero-order chi connectivity index (χ0) is 14.1. The number of carboxylic acid groups (broad SMARTS) is 1. The molecule has 104 valence electrons. The van der Waals surface area contributed by atoms with Gasteiger partial charge in [0.15, 0.2) is 0 Å². The van der Waals surface area contributed by atoms with E-state index in [-0.39, 0.29) is 4.90 Å². The monoisotopic (exact) mass is 285 g/mol. The van der Waals surface area contributed by atoms with Crippen LogP contribution in [-0.4, -0.2) is 31.6 Å². The van der Waals surface area contributed by atoms with E-state index in [1.54, 1.807) is 19.1 Å². The summed E-state index contributed by atoms with van der Waals surface area (Å²) in [6, 6.07) is 5.99. The van der Waals surface area contributed by atoms with E-state index in [1.165, 1.54) is 12.1 Å². The molecule has 1 aromatic carbocycles. The number of hydrogen-bond donors (Lipinski definition) is 2. The van der Waals surface area contributed by atoms with Gasteiger partial charge in [-0.3, -0.25) is 4.79 Å². The minimum absolute atomic E-state index is 0.00553. The highest BCUT2D eigenvalue weighted by Crippen LogP contribution is 2.37. The first-order valence-electron chi connectivity index (χ1n) is 5.90. The molecule has 0 amide bonds. The zero-order valence-electron chi connectivity index (χ0n) is 10.4. The molecule has 1 aliphatic carbocycles. The smallest absolute Gasteiger partial charge is 0.324 e. The maximum atomic E-state index is 12.1. The average Bonchev–Trinajstić information content (AvgIpc) is 3.10. The van der Waals surface area contributed by atoms with Crippen molar-refractivity contribution in [2.24, 2.45) is 0 Å². The number of benzene rings is 1. The molecule has 0 bridgehead atoms. The molecule has 7 heteroatoms. The van der Waals surface area contributed by atoms with E-state index in [1.807, 2.05) is 0 Å². The number of hydrogen-bond acceptors (Lipinski definition) is 4. The van der Waals surface area contributed by atoms with Crippen LogP contribution in [0.2, 0.25) is 0 Å². The van der Waals surface area contributed by atoms with Gasteiger partial charge in [0.05, 0.1) is 11.5 Å². The van der Waals surface area contributed by atoms with Crippen LogP contribution in [0.15, 0.2) is 29.2 Å². The van der Waals surface area contributed by atoms with Crippen molar-refractivity contribution in [1.82, 2.24) is 4.72 Å². The van der Waals surface area contributed by atoms with Crippen LogP contribution >= 0.6 is 0 Å². The first kappa shape index (κ1) is 13.8. The molecule has 1 aliphatic rings. The molecule has 19 heavy (non-hydrogen) atoms. The predicted molar refractivity (Wildman–Crippen MR) is 67.5 cm³/mol. The van der Waals surface area contributed by atoms with Crippen molar-refractivity contribution in [3.8, 4) is 5.75 Å². The summed E-state index contributed by atoms with van der Waals surface area (Å²) < 4.78 is 31.7.